The van der Waals surface area contributed by atoms with Crippen molar-refractivity contribution in [2.24, 2.45) is 5.73 Å². The van der Waals surface area contributed by atoms with Gasteiger partial charge in [0.15, 0.2) is 11.5 Å². The predicted octanol–water partition coefficient (Wildman–Crippen LogP) is 4.66. The highest BCUT2D eigenvalue weighted by Gasteiger charge is 2.10. The van der Waals surface area contributed by atoms with E-state index in [1.807, 2.05) is 54.6 Å². The highest BCUT2D eigenvalue weighted by molar-refractivity contribution is 5.85. The molecule has 4 heteroatoms. The van der Waals surface area contributed by atoms with Crippen LogP contribution in [-0.4, -0.2) is 7.11 Å². The third kappa shape index (κ3) is 5.62. The Bertz CT molecular complexity index is 602. The van der Waals surface area contributed by atoms with Crippen LogP contribution in [0.4, 0.5) is 0 Å². The normalized spacial score (nSPS) is 11.2. The van der Waals surface area contributed by atoms with Gasteiger partial charge < -0.3 is 15.2 Å². The van der Waals surface area contributed by atoms with Gasteiger partial charge in [0.05, 0.1) is 7.11 Å². The summed E-state index contributed by atoms with van der Waals surface area (Å²) < 4.78 is 11.3. The molecule has 0 aromatic heterocycles. The van der Waals surface area contributed by atoms with E-state index in [4.69, 9.17) is 15.2 Å². The summed E-state index contributed by atoms with van der Waals surface area (Å²) in [5.41, 5.74) is 8.34. The van der Waals surface area contributed by atoms with Crippen LogP contribution >= 0.6 is 12.4 Å². The maximum absolute atomic E-state index is 6.18. The smallest absolute Gasteiger partial charge is 0.161 e. The molecule has 0 amide bonds. The predicted molar refractivity (Wildman–Crippen MR) is 97.4 cm³/mol. The third-order valence-corrected chi connectivity index (χ3v) is 3.53. The van der Waals surface area contributed by atoms with E-state index in [2.05, 4.69) is 6.58 Å². The molecule has 23 heavy (non-hydrogen) atoms. The fourth-order valence-electron chi connectivity index (χ4n) is 2.23. The molecule has 0 aliphatic heterocycles. The first-order valence-electron chi connectivity index (χ1n) is 7.45. The minimum Gasteiger partial charge on any atom is -0.493 e. The van der Waals surface area contributed by atoms with E-state index in [9.17, 15) is 0 Å². The molecule has 2 aromatic carbocycles. The van der Waals surface area contributed by atoms with Gasteiger partial charge in [-0.3, -0.25) is 0 Å². The van der Waals surface area contributed by atoms with Crippen LogP contribution in [0.3, 0.4) is 0 Å². The van der Waals surface area contributed by atoms with Crippen LogP contribution < -0.4 is 15.2 Å². The number of allylic oxidation sites excluding steroid dienone is 1. The van der Waals surface area contributed by atoms with E-state index >= 15 is 0 Å². The molecule has 0 heterocycles. The number of halogens is 1. The molecule has 124 valence electrons. The molecule has 0 saturated carbocycles. The molecule has 2 aromatic rings. The number of methoxy groups -OCH3 is 1. The van der Waals surface area contributed by atoms with Gasteiger partial charge in [0.25, 0.3) is 0 Å². The quantitative estimate of drug-likeness (QED) is 0.714. The number of ether oxygens (including phenoxy) is 2. The Morgan fingerprint density at radius 2 is 1.87 bits per heavy atom. The SMILES string of the molecule is C=CCC[C@H](N)c1ccc(OCc2ccccc2)c(OC)c1.Cl. The van der Waals surface area contributed by atoms with Gasteiger partial charge in [-0.15, -0.1) is 19.0 Å². The summed E-state index contributed by atoms with van der Waals surface area (Å²) >= 11 is 0. The zero-order valence-electron chi connectivity index (χ0n) is 13.4. The van der Waals surface area contributed by atoms with Gasteiger partial charge in [0.1, 0.15) is 6.61 Å². The number of nitrogens with two attached hydrogens (primary N) is 1. The van der Waals surface area contributed by atoms with Gasteiger partial charge in [0, 0.05) is 6.04 Å². The lowest BCUT2D eigenvalue weighted by Crippen LogP contribution is -2.10. The number of benzene rings is 2. The summed E-state index contributed by atoms with van der Waals surface area (Å²) in [6, 6.07) is 15.9. The van der Waals surface area contributed by atoms with Crippen molar-refractivity contribution in [3.8, 4) is 11.5 Å². The van der Waals surface area contributed by atoms with E-state index in [1.165, 1.54) is 0 Å². The second-order valence-electron chi connectivity index (χ2n) is 5.16. The van der Waals surface area contributed by atoms with Gasteiger partial charge >= 0.3 is 0 Å². The number of hydrogen-bond donors (Lipinski definition) is 1. The molecule has 0 aliphatic carbocycles. The summed E-state index contributed by atoms with van der Waals surface area (Å²) in [6.45, 7) is 4.24. The van der Waals surface area contributed by atoms with Crippen LogP contribution in [0, 0.1) is 0 Å². The largest absolute Gasteiger partial charge is 0.493 e. The average Bonchev–Trinajstić information content (AvgIpc) is 2.58. The van der Waals surface area contributed by atoms with Crippen molar-refractivity contribution in [1.29, 1.82) is 0 Å². The highest BCUT2D eigenvalue weighted by atomic mass is 35.5. The zero-order valence-corrected chi connectivity index (χ0v) is 14.2. The molecule has 0 bridgehead atoms. The summed E-state index contributed by atoms with van der Waals surface area (Å²) in [4.78, 5) is 0. The van der Waals surface area contributed by atoms with Crippen molar-refractivity contribution in [3.63, 3.8) is 0 Å². The Kier molecular flexibility index (Phi) is 8.23. The van der Waals surface area contributed by atoms with Crippen LogP contribution in [0.1, 0.15) is 30.0 Å². The van der Waals surface area contributed by atoms with Crippen LogP contribution in [0.25, 0.3) is 0 Å². The molecule has 0 radical (unpaired) electrons. The maximum atomic E-state index is 6.18. The first kappa shape index (κ1) is 19.1. The Morgan fingerprint density at radius 1 is 1.13 bits per heavy atom. The second-order valence-corrected chi connectivity index (χ2v) is 5.16. The summed E-state index contributed by atoms with van der Waals surface area (Å²) in [5.74, 6) is 1.44. The second kappa shape index (κ2) is 9.93. The molecule has 2 rings (SSSR count). The zero-order chi connectivity index (χ0) is 15.8. The Labute approximate surface area is 144 Å². The molecule has 0 saturated heterocycles. The molecular weight excluding hydrogens is 310 g/mol. The minimum absolute atomic E-state index is 0. The standard InChI is InChI=1S/C19H23NO2.ClH/c1-3-4-10-17(20)16-11-12-18(19(13-16)21-2)22-14-15-8-6-5-7-9-15;/h3,5-9,11-13,17H,1,4,10,14,20H2,2H3;1H/t17-;/m0./s1. The molecule has 0 aliphatic rings. The molecule has 0 spiro atoms. The Balaban J connectivity index is 0.00000264. The van der Waals surface area contributed by atoms with Crippen LogP contribution in [0.2, 0.25) is 0 Å². The molecule has 0 fully saturated rings. The minimum atomic E-state index is -0.0185. The van der Waals surface area contributed by atoms with Crippen molar-refractivity contribution in [2.45, 2.75) is 25.5 Å². The summed E-state index contributed by atoms with van der Waals surface area (Å²) in [6.07, 6.45) is 3.65. The lowest BCUT2D eigenvalue weighted by Gasteiger charge is -2.15. The van der Waals surface area contributed by atoms with Gasteiger partial charge in [-0.2, -0.15) is 0 Å². The Morgan fingerprint density at radius 3 is 2.52 bits per heavy atom. The first-order chi connectivity index (χ1) is 10.7. The highest BCUT2D eigenvalue weighted by Crippen LogP contribution is 2.31. The van der Waals surface area contributed by atoms with Crippen LogP contribution in [-0.2, 0) is 6.61 Å². The topological polar surface area (TPSA) is 44.5 Å². The molecule has 2 N–H and O–H groups in total. The first-order valence-corrected chi connectivity index (χ1v) is 7.45. The monoisotopic (exact) mass is 333 g/mol. The Hall–Kier alpha value is -1.97. The maximum Gasteiger partial charge on any atom is 0.161 e. The van der Waals surface area contributed by atoms with Gasteiger partial charge in [-0.1, -0.05) is 42.5 Å². The molecular formula is C19H24ClNO2. The van der Waals surface area contributed by atoms with Crippen molar-refractivity contribution < 1.29 is 9.47 Å². The summed E-state index contributed by atoms with van der Waals surface area (Å²) in [7, 11) is 1.64. The molecule has 1 atom stereocenters. The fraction of sp³-hybridized carbons (Fsp3) is 0.263. The molecule has 0 unspecified atom stereocenters. The van der Waals surface area contributed by atoms with Crippen molar-refractivity contribution >= 4 is 12.4 Å². The van der Waals surface area contributed by atoms with Gasteiger partial charge in [0.2, 0.25) is 0 Å². The lowest BCUT2D eigenvalue weighted by atomic mass is 10.0. The van der Waals surface area contributed by atoms with E-state index in [0.29, 0.717) is 12.4 Å². The molecule has 3 nitrogen and oxygen atoms in total. The van der Waals surface area contributed by atoms with Gasteiger partial charge in [-0.05, 0) is 36.1 Å². The van der Waals surface area contributed by atoms with E-state index in [0.717, 1.165) is 29.7 Å². The third-order valence-electron chi connectivity index (χ3n) is 3.53. The number of rotatable bonds is 8. The van der Waals surface area contributed by atoms with Gasteiger partial charge in [-0.25, -0.2) is 0 Å². The lowest BCUT2D eigenvalue weighted by molar-refractivity contribution is 0.284. The average molecular weight is 334 g/mol. The van der Waals surface area contributed by atoms with E-state index < -0.39 is 0 Å². The van der Waals surface area contributed by atoms with E-state index in [1.54, 1.807) is 7.11 Å². The van der Waals surface area contributed by atoms with E-state index in [-0.39, 0.29) is 18.4 Å². The summed E-state index contributed by atoms with van der Waals surface area (Å²) in [5, 5.41) is 0. The van der Waals surface area contributed by atoms with Crippen LogP contribution in [0.5, 0.6) is 11.5 Å². The fourth-order valence-corrected chi connectivity index (χ4v) is 2.23. The van der Waals surface area contributed by atoms with Crippen molar-refractivity contribution in [1.82, 2.24) is 0 Å². The van der Waals surface area contributed by atoms with Crippen molar-refractivity contribution in [3.05, 3.63) is 72.3 Å². The van der Waals surface area contributed by atoms with Crippen molar-refractivity contribution in [2.75, 3.05) is 7.11 Å². The number of hydrogen-bond acceptors (Lipinski definition) is 3. The van der Waals surface area contributed by atoms with Crippen LogP contribution in [0.15, 0.2) is 61.2 Å².